The number of carbonyl (C=O) groups excluding carboxylic acids is 1. The Morgan fingerprint density at radius 2 is 2.12 bits per heavy atom. The van der Waals surface area contributed by atoms with Crippen molar-refractivity contribution >= 4 is 17.4 Å². The van der Waals surface area contributed by atoms with Crippen LogP contribution in [0.15, 0.2) is 18.2 Å². The van der Waals surface area contributed by atoms with Gasteiger partial charge in [0.05, 0.1) is 12.2 Å². The van der Waals surface area contributed by atoms with E-state index in [4.69, 9.17) is 16.3 Å². The maximum atomic E-state index is 13.0. The smallest absolute Gasteiger partial charge is 0.163 e. The summed E-state index contributed by atoms with van der Waals surface area (Å²) in [6, 6.07) is 3.99. The maximum absolute atomic E-state index is 13.0. The van der Waals surface area contributed by atoms with Crippen LogP contribution in [0.25, 0.3) is 0 Å². The molecular weight excluding hydrogens is 243 g/mol. The summed E-state index contributed by atoms with van der Waals surface area (Å²) in [6.45, 7) is 1.91. The summed E-state index contributed by atoms with van der Waals surface area (Å²) in [6.07, 6.45) is 2.81. The van der Waals surface area contributed by atoms with Crippen molar-refractivity contribution < 1.29 is 13.9 Å². The molecule has 2 nitrogen and oxygen atoms in total. The maximum Gasteiger partial charge on any atom is 0.163 e. The van der Waals surface area contributed by atoms with Gasteiger partial charge in [0.25, 0.3) is 0 Å². The van der Waals surface area contributed by atoms with Gasteiger partial charge in [-0.15, -0.1) is 11.6 Å². The Hall–Kier alpha value is -1.09. The van der Waals surface area contributed by atoms with Gasteiger partial charge in [0.2, 0.25) is 0 Å². The summed E-state index contributed by atoms with van der Waals surface area (Å²) in [4.78, 5) is 11.3. The lowest BCUT2D eigenvalue weighted by Gasteiger charge is -2.09. The van der Waals surface area contributed by atoms with Gasteiger partial charge in [-0.05, 0) is 44.4 Å². The molecule has 17 heavy (non-hydrogen) atoms. The highest BCUT2D eigenvalue weighted by Gasteiger charge is 2.09. The van der Waals surface area contributed by atoms with Crippen LogP contribution in [0.4, 0.5) is 4.39 Å². The quantitative estimate of drug-likeness (QED) is 0.422. The summed E-state index contributed by atoms with van der Waals surface area (Å²) in [5.41, 5.74) is 0.294. The molecule has 0 spiro atoms. The normalized spacial score (nSPS) is 10.3. The number of Topliss-reactive ketones (excluding diaryl/α,β-unsaturated/α-hetero) is 1. The van der Waals surface area contributed by atoms with E-state index in [1.54, 1.807) is 0 Å². The molecular formula is C13H16ClFO2. The molecule has 94 valence electrons. The van der Waals surface area contributed by atoms with E-state index in [1.165, 1.54) is 25.1 Å². The number of halogens is 2. The molecule has 0 N–H and O–H groups in total. The number of ketones is 1. The van der Waals surface area contributed by atoms with Gasteiger partial charge in [-0.1, -0.05) is 0 Å². The molecule has 0 fully saturated rings. The van der Waals surface area contributed by atoms with Crippen molar-refractivity contribution in [3.05, 3.63) is 29.6 Å². The minimum Gasteiger partial charge on any atom is -0.493 e. The predicted molar refractivity (Wildman–Crippen MR) is 66.5 cm³/mol. The van der Waals surface area contributed by atoms with E-state index < -0.39 is 5.82 Å². The lowest BCUT2D eigenvalue weighted by Crippen LogP contribution is -2.03. The highest BCUT2D eigenvalue weighted by molar-refractivity contribution is 6.17. The third-order valence-corrected chi connectivity index (χ3v) is 2.62. The summed E-state index contributed by atoms with van der Waals surface area (Å²) < 4.78 is 18.4. The zero-order chi connectivity index (χ0) is 12.7. The SMILES string of the molecule is CC(=O)c1cc(F)ccc1OCCCCCCl. The fourth-order valence-electron chi connectivity index (χ4n) is 1.46. The lowest BCUT2D eigenvalue weighted by atomic mass is 10.1. The number of hydrogen-bond donors (Lipinski definition) is 0. The van der Waals surface area contributed by atoms with Crippen LogP contribution in [0, 0.1) is 5.82 Å². The standard InChI is InChI=1S/C13H16ClFO2/c1-10(16)12-9-11(15)5-6-13(12)17-8-4-2-3-7-14/h5-6,9H,2-4,7-8H2,1H3. The first kappa shape index (κ1) is 14.0. The van der Waals surface area contributed by atoms with Gasteiger partial charge in [0, 0.05) is 5.88 Å². The van der Waals surface area contributed by atoms with Crippen molar-refractivity contribution in [3.63, 3.8) is 0 Å². The van der Waals surface area contributed by atoms with Crippen LogP contribution < -0.4 is 4.74 Å². The molecule has 0 aliphatic rings. The second-order valence-electron chi connectivity index (χ2n) is 3.79. The monoisotopic (exact) mass is 258 g/mol. The molecule has 0 saturated heterocycles. The molecule has 0 bridgehead atoms. The van der Waals surface area contributed by atoms with Gasteiger partial charge in [-0.25, -0.2) is 4.39 Å². The first-order valence-corrected chi connectivity index (χ1v) is 6.18. The first-order chi connectivity index (χ1) is 8.15. The van der Waals surface area contributed by atoms with Crippen LogP contribution in [0.2, 0.25) is 0 Å². The zero-order valence-corrected chi connectivity index (χ0v) is 10.6. The molecule has 0 radical (unpaired) electrons. The predicted octanol–water partition coefficient (Wildman–Crippen LogP) is 3.82. The number of benzene rings is 1. The van der Waals surface area contributed by atoms with Gasteiger partial charge >= 0.3 is 0 Å². The summed E-state index contributed by atoms with van der Waals surface area (Å²) in [5, 5.41) is 0. The fraction of sp³-hybridized carbons (Fsp3) is 0.462. The Labute approximate surface area is 106 Å². The van der Waals surface area contributed by atoms with E-state index in [9.17, 15) is 9.18 Å². The Morgan fingerprint density at radius 3 is 2.76 bits per heavy atom. The Balaban J connectivity index is 2.55. The summed E-state index contributed by atoms with van der Waals surface area (Å²) >= 11 is 5.55. The number of ether oxygens (including phenoxy) is 1. The third kappa shape index (κ3) is 4.73. The van der Waals surface area contributed by atoms with Crippen LogP contribution in [0.3, 0.4) is 0 Å². The van der Waals surface area contributed by atoms with E-state index in [0.29, 0.717) is 23.8 Å². The van der Waals surface area contributed by atoms with Crippen molar-refractivity contribution in [1.29, 1.82) is 0 Å². The second-order valence-corrected chi connectivity index (χ2v) is 4.17. The molecule has 0 unspecified atom stereocenters. The minimum atomic E-state index is -0.426. The second kappa shape index (κ2) is 7.28. The lowest BCUT2D eigenvalue weighted by molar-refractivity contribution is 0.101. The molecule has 0 aliphatic heterocycles. The highest BCUT2D eigenvalue weighted by Crippen LogP contribution is 2.20. The van der Waals surface area contributed by atoms with E-state index in [1.807, 2.05) is 0 Å². The Morgan fingerprint density at radius 1 is 1.35 bits per heavy atom. The molecule has 1 aromatic rings. The van der Waals surface area contributed by atoms with Crippen LogP contribution in [-0.4, -0.2) is 18.3 Å². The van der Waals surface area contributed by atoms with Gasteiger partial charge in [-0.2, -0.15) is 0 Å². The third-order valence-electron chi connectivity index (χ3n) is 2.36. The summed E-state index contributed by atoms with van der Waals surface area (Å²) in [5.74, 6) is 0.477. The number of unbranched alkanes of at least 4 members (excludes halogenated alkanes) is 2. The topological polar surface area (TPSA) is 26.3 Å². The number of alkyl halides is 1. The van der Waals surface area contributed by atoms with Crippen LogP contribution in [-0.2, 0) is 0 Å². The zero-order valence-electron chi connectivity index (χ0n) is 9.84. The van der Waals surface area contributed by atoms with Crippen LogP contribution >= 0.6 is 11.6 Å². The largest absolute Gasteiger partial charge is 0.493 e. The van der Waals surface area contributed by atoms with E-state index in [-0.39, 0.29) is 5.78 Å². The van der Waals surface area contributed by atoms with E-state index in [0.717, 1.165) is 19.3 Å². The van der Waals surface area contributed by atoms with Crippen molar-refractivity contribution in [2.75, 3.05) is 12.5 Å². The van der Waals surface area contributed by atoms with Gasteiger partial charge in [0.15, 0.2) is 5.78 Å². The average molecular weight is 259 g/mol. The molecule has 0 atom stereocenters. The molecule has 0 heterocycles. The molecule has 1 rings (SSSR count). The number of rotatable bonds is 7. The minimum absolute atomic E-state index is 0.194. The molecule has 0 amide bonds. The van der Waals surface area contributed by atoms with Crippen LogP contribution in [0.1, 0.15) is 36.5 Å². The van der Waals surface area contributed by atoms with Crippen LogP contribution in [0.5, 0.6) is 5.75 Å². The Kier molecular flexibility index (Phi) is 5.98. The van der Waals surface area contributed by atoms with Gasteiger partial charge in [-0.3, -0.25) is 4.79 Å². The van der Waals surface area contributed by atoms with Crippen molar-refractivity contribution in [3.8, 4) is 5.75 Å². The van der Waals surface area contributed by atoms with Gasteiger partial charge in [0.1, 0.15) is 11.6 Å². The molecule has 4 heteroatoms. The Bertz CT molecular complexity index is 380. The molecule has 0 aromatic heterocycles. The van der Waals surface area contributed by atoms with Crippen molar-refractivity contribution in [2.24, 2.45) is 0 Å². The molecule has 0 aliphatic carbocycles. The fourth-order valence-corrected chi connectivity index (χ4v) is 1.65. The number of hydrogen-bond acceptors (Lipinski definition) is 2. The molecule has 1 aromatic carbocycles. The van der Waals surface area contributed by atoms with E-state index >= 15 is 0 Å². The highest BCUT2D eigenvalue weighted by atomic mass is 35.5. The average Bonchev–Trinajstić information content (AvgIpc) is 2.30. The molecule has 0 saturated carbocycles. The summed E-state index contributed by atoms with van der Waals surface area (Å²) in [7, 11) is 0. The van der Waals surface area contributed by atoms with E-state index in [2.05, 4.69) is 0 Å². The van der Waals surface area contributed by atoms with Crippen molar-refractivity contribution in [2.45, 2.75) is 26.2 Å². The number of carbonyl (C=O) groups is 1. The van der Waals surface area contributed by atoms with Crippen molar-refractivity contribution in [1.82, 2.24) is 0 Å². The first-order valence-electron chi connectivity index (χ1n) is 5.64. The van der Waals surface area contributed by atoms with Gasteiger partial charge < -0.3 is 4.74 Å².